The van der Waals surface area contributed by atoms with Crippen molar-refractivity contribution in [2.24, 2.45) is 0 Å². The fraction of sp³-hybridized carbons (Fsp3) is 0.846. The lowest BCUT2D eigenvalue weighted by atomic mass is 10.0. The molecule has 0 aliphatic carbocycles. The highest BCUT2D eigenvalue weighted by Gasteiger charge is 2.20. The van der Waals surface area contributed by atoms with Crippen molar-refractivity contribution in [1.29, 1.82) is 0 Å². The molecule has 1 atom stereocenters. The molecule has 0 saturated carbocycles. The Balaban J connectivity index is 2.30. The minimum absolute atomic E-state index is 0.748. The standard InChI is InChI=1S/C13H24N2/c1-3-5-7-10-15-11-8-6-9-13(15)12-14-4-2/h13-14H,4,6-12H2,1-2H3. The van der Waals surface area contributed by atoms with Gasteiger partial charge in [-0.2, -0.15) is 0 Å². The summed E-state index contributed by atoms with van der Waals surface area (Å²) in [6.45, 7) is 8.75. The lowest BCUT2D eigenvalue weighted by molar-refractivity contribution is 0.149. The summed E-state index contributed by atoms with van der Waals surface area (Å²) in [5.74, 6) is 6.13. The highest BCUT2D eigenvalue weighted by Crippen LogP contribution is 2.16. The first-order chi connectivity index (χ1) is 7.38. The second-order valence-electron chi connectivity index (χ2n) is 4.17. The van der Waals surface area contributed by atoms with E-state index in [0.29, 0.717) is 0 Å². The van der Waals surface area contributed by atoms with Crippen molar-refractivity contribution >= 4 is 0 Å². The number of likely N-dealkylation sites (N-methyl/N-ethyl adjacent to an activating group) is 1. The SMILES string of the molecule is CC#CCCN1CCCCC1CNCC. The summed E-state index contributed by atoms with van der Waals surface area (Å²) >= 11 is 0. The molecule has 0 aromatic heterocycles. The Morgan fingerprint density at radius 1 is 1.40 bits per heavy atom. The van der Waals surface area contributed by atoms with Gasteiger partial charge in [0.25, 0.3) is 0 Å². The Morgan fingerprint density at radius 2 is 2.27 bits per heavy atom. The van der Waals surface area contributed by atoms with Crippen LogP contribution in [-0.4, -0.2) is 37.1 Å². The van der Waals surface area contributed by atoms with Crippen LogP contribution in [0.5, 0.6) is 0 Å². The van der Waals surface area contributed by atoms with E-state index < -0.39 is 0 Å². The van der Waals surface area contributed by atoms with E-state index in [4.69, 9.17) is 0 Å². The van der Waals surface area contributed by atoms with Gasteiger partial charge in [0, 0.05) is 25.6 Å². The molecule has 0 aromatic rings. The van der Waals surface area contributed by atoms with Gasteiger partial charge in [-0.1, -0.05) is 13.3 Å². The van der Waals surface area contributed by atoms with Crippen LogP contribution < -0.4 is 5.32 Å². The molecule has 15 heavy (non-hydrogen) atoms. The summed E-state index contributed by atoms with van der Waals surface area (Å²) in [6, 6.07) is 0.748. The van der Waals surface area contributed by atoms with Crippen LogP contribution >= 0.6 is 0 Å². The zero-order chi connectivity index (χ0) is 10.9. The highest BCUT2D eigenvalue weighted by atomic mass is 15.2. The quantitative estimate of drug-likeness (QED) is 0.694. The van der Waals surface area contributed by atoms with Crippen LogP contribution in [0.15, 0.2) is 0 Å². The zero-order valence-corrected chi connectivity index (χ0v) is 10.2. The molecule has 1 rings (SSSR count). The largest absolute Gasteiger partial charge is 0.315 e. The van der Waals surface area contributed by atoms with E-state index in [1.165, 1.54) is 25.8 Å². The van der Waals surface area contributed by atoms with E-state index in [2.05, 4.69) is 29.0 Å². The fourth-order valence-corrected chi connectivity index (χ4v) is 2.22. The van der Waals surface area contributed by atoms with Crippen molar-refractivity contribution in [1.82, 2.24) is 10.2 Å². The minimum Gasteiger partial charge on any atom is -0.315 e. The molecule has 0 radical (unpaired) electrons. The lowest BCUT2D eigenvalue weighted by Crippen LogP contribution is -2.45. The first-order valence-corrected chi connectivity index (χ1v) is 6.22. The third kappa shape index (κ3) is 4.68. The van der Waals surface area contributed by atoms with Gasteiger partial charge in [0.15, 0.2) is 0 Å². The van der Waals surface area contributed by atoms with Crippen LogP contribution in [0, 0.1) is 11.8 Å². The monoisotopic (exact) mass is 208 g/mol. The molecule has 0 aromatic carbocycles. The summed E-state index contributed by atoms with van der Waals surface area (Å²) in [7, 11) is 0. The van der Waals surface area contributed by atoms with Crippen LogP contribution in [-0.2, 0) is 0 Å². The molecular formula is C13H24N2. The molecule has 1 fully saturated rings. The van der Waals surface area contributed by atoms with Crippen molar-refractivity contribution in [2.75, 3.05) is 26.2 Å². The molecule has 1 N–H and O–H groups in total. The Labute approximate surface area is 94.4 Å². The van der Waals surface area contributed by atoms with Gasteiger partial charge >= 0.3 is 0 Å². The first-order valence-electron chi connectivity index (χ1n) is 6.22. The third-order valence-corrected chi connectivity index (χ3v) is 3.08. The minimum atomic E-state index is 0.748. The third-order valence-electron chi connectivity index (χ3n) is 3.08. The number of nitrogens with zero attached hydrogens (tertiary/aromatic N) is 1. The van der Waals surface area contributed by atoms with Crippen molar-refractivity contribution < 1.29 is 0 Å². The zero-order valence-electron chi connectivity index (χ0n) is 10.2. The summed E-state index contributed by atoms with van der Waals surface area (Å²) in [5.41, 5.74) is 0. The molecule has 1 heterocycles. The number of likely N-dealkylation sites (tertiary alicyclic amines) is 1. The maximum absolute atomic E-state index is 3.46. The number of rotatable bonds is 5. The van der Waals surface area contributed by atoms with Crippen molar-refractivity contribution in [3.63, 3.8) is 0 Å². The fourth-order valence-electron chi connectivity index (χ4n) is 2.22. The van der Waals surface area contributed by atoms with E-state index in [1.54, 1.807) is 0 Å². The topological polar surface area (TPSA) is 15.3 Å². The normalized spacial score (nSPS) is 22.1. The number of nitrogens with one attached hydrogen (secondary N) is 1. The van der Waals surface area contributed by atoms with Crippen LogP contribution in [0.3, 0.4) is 0 Å². The van der Waals surface area contributed by atoms with Crippen molar-refractivity contribution in [2.45, 2.75) is 45.6 Å². The molecule has 1 aliphatic heterocycles. The molecule has 0 bridgehead atoms. The van der Waals surface area contributed by atoms with Gasteiger partial charge in [0.2, 0.25) is 0 Å². The van der Waals surface area contributed by atoms with Crippen molar-refractivity contribution in [3.05, 3.63) is 0 Å². The molecular weight excluding hydrogens is 184 g/mol. The highest BCUT2D eigenvalue weighted by molar-refractivity contribution is 4.96. The predicted octanol–water partition coefficient (Wildman–Crippen LogP) is 1.86. The lowest BCUT2D eigenvalue weighted by Gasteiger charge is -2.35. The molecule has 1 unspecified atom stereocenters. The summed E-state index contributed by atoms with van der Waals surface area (Å²) in [4.78, 5) is 2.61. The summed E-state index contributed by atoms with van der Waals surface area (Å²) in [5, 5.41) is 3.46. The number of piperidine rings is 1. The van der Waals surface area contributed by atoms with Gasteiger partial charge < -0.3 is 5.32 Å². The maximum Gasteiger partial charge on any atom is 0.0221 e. The average Bonchev–Trinajstić information content (AvgIpc) is 2.28. The number of hydrogen-bond acceptors (Lipinski definition) is 2. The van der Waals surface area contributed by atoms with Crippen LogP contribution in [0.4, 0.5) is 0 Å². The van der Waals surface area contributed by atoms with Gasteiger partial charge in [-0.15, -0.1) is 11.8 Å². The summed E-state index contributed by atoms with van der Waals surface area (Å²) < 4.78 is 0. The van der Waals surface area contributed by atoms with Crippen LogP contribution in [0.1, 0.15) is 39.5 Å². The van der Waals surface area contributed by atoms with E-state index in [9.17, 15) is 0 Å². The smallest absolute Gasteiger partial charge is 0.0221 e. The van der Waals surface area contributed by atoms with Gasteiger partial charge in [-0.3, -0.25) is 4.90 Å². The molecule has 0 amide bonds. The Kier molecular flexibility index (Phi) is 6.47. The second kappa shape index (κ2) is 7.73. The van der Waals surface area contributed by atoms with E-state index >= 15 is 0 Å². The molecule has 2 nitrogen and oxygen atoms in total. The Morgan fingerprint density at radius 3 is 3.00 bits per heavy atom. The van der Waals surface area contributed by atoms with Gasteiger partial charge in [0.05, 0.1) is 0 Å². The van der Waals surface area contributed by atoms with Crippen LogP contribution in [0.25, 0.3) is 0 Å². The number of hydrogen-bond donors (Lipinski definition) is 1. The molecule has 86 valence electrons. The first kappa shape index (κ1) is 12.5. The van der Waals surface area contributed by atoms with E-state index in [1.807, 2.05) is 6.92 Å². The summed E-state index contributed by atoms with van der Waals surface area (Å²) in [6.07, 6.45) is 5.14. The maximum atomic E-state index is 3.46. The molecule has 2 heteroatoms. The average molecular weight is 208 g/mol. The van der Waals surface area contributed by atoms with E-state index in [-0.39, 0.29) is 0 Å². The van der Waals surface area contributed by atoms with Crippen molar-refractivity contribution in [3.8, 4) is 11.8 Å². The Bertz CT molecular complexity index is 214. The molecule has 0 spiro atoms. The van der Waals surface area contributed by atoms with Gasteiger partial charge in [-0.05, 0) is 32.9 Å². The predicted molar refractivity (Wildman–Crippen MR) is 65.8 cm³/mol. The van der Waals surface area contributed by atoms with E-state index in [0.717, 1.165) is 32.1 Å². The molecule has 1 saturated heterocycles. The second-order valence-corrected chi connectivity index (χ2v) is 4.17. The van der Waals surface area contributed by atoms with Gasteiger partial charge in [-0.25, -0.2) is 0 Å². The van der Waals surface area contributed by atoms with Crippen LogP contribution in [0.2, 0.25) is 0 Å². The van der Waals surface area contributed by atoms with Gasteiger partial charge in [0.1, 0.15) is 0 Å². The molecule has 1 aliphatic rings. The Hall–Kier alpha value is -0.520.